The van der Waals surface area contributed by atoms with Crippen LogP contribution in [-0.2, 0) is 9.47 Å². The van der Waals surface area contributed by atoms with Gasteiger partial charge < -0.3 is 9.47 Å². The highest BCUT2D eigenvalue weighted by Crippen LogP contribution is 2.37. The van der Waals surface area contributed by atoms with Crippen molar-refractivity contribution in [3.63, 3.8) is 0 Å². The lowest BCUT2D eigenvalue weighted by molar-refractivity contribution is -0.130. The molecule has 1 heterocycles. The van der Waals surface area contributed by atoms with E-state index in [4.69, 9.17) is 9.47 Å². The van der Waals surface area contributed by atoms with Crippen LogP contribution < -0.4 is 0 Å². The van der Waals surface area contributed by atoms with Gasteiger partial charge in [-0.25, -0.2) is 4.79 Å². The van der Waals surface area contributed by atoms with E-state index in [9.17, 15) is 4.79 Å². The van der Waals surface area contributed by atoms with Crippen molar-refractivity contribution < 1.29 is 14.3 Å². The summed E-state index contributed by atoms with van der Waals surface area (Å²) in [6.45, 7) is 8.50. The van der Waals surface area contributed by atoms with Crippen molar-refractivity contribution in [1.29, 1.82) is 0 Å². The van der Waals surface area contributed by atoms with Crippen LogP contribution >= 0.6 is 11.8 Å². The molecule has 0 aliphatic carbocycles. The van der Waals surface area contributed by atoms with Gasteiger partial charge >= 0.3 is 5.97 Å². The molecule has 3 nitrogen and oxygen atoms in total. The van der Waals surface area contributed by atoms with Crippen molar-refractivity contribution in [2.24, 2.45) is 11.8 Å². The smallest absolute Gasteiger partial charge is 0.338 e. The van der Waals surface area contributed by atoms with E-state index in [0.29, 0.717) is 11.5 Å². The molecule has 0 radical (unpaired) electrons. The summed E-state index contributed by atoms with van der Waals surface area (Å²) >= 11 is 1.71. The molecule has 116 valence electrons. The minimum absolute atomic E-state index is 0.0798. The Morgan fingerprint density at radius 2 is 1.86 bits per heavy atom. The van der Waals surface area contributed by atoms with Gasteiger partial charge in [0.1, 0.15) is 11.5 Å². The first-order valence-corrected chi connectivity index (χ1v) is 8.62. The van der Waals surface area contributed by atoms with E-state index in [1.165, 1.54) is 0 Å². The predicted octanol–water partition coefficient (Wildman–Crippen LogP) is 3.98. The summed E-state index contributed by atoms with van der Waals surface area (Å²) in [6, 6.07) is 9.15. The van der Waals surface area contributed by atoms with Gasteiger partial charge in [0.25, 0.3) is 0 Å². The number of carbonyl (C=O) groups is 1. The number of rotatable bonds is 4. The highest BCUT2D eigenvalue weighted by molar-refractivity contribution is 7.99. The third-order valence-corrected chi connectivity index (χ3v) is 5.33. The van der Waals surface area contributed by atoms with Gasteiger partial charge in [-0.3, -0.25) is 0 Å². The fourth-order valence-corrected chi connectivity index (χ4v) is 3.69. The Morgan fingerprint density at radius 3 is 2.48 bits per heavy atom. The quantitative estimate of drug-likeness (QED) is 0.788. The van der Waals surface area contributed by atoms with Gasteiger partial charge in [-0.1, -0.05) is 39.0 Å². The molecule has 2 rings (SSSR count). The lowest BCUT2D eigenvalue weighted by Crippen LogP contribution is -2.48. The van der Waals surface area contributed by atoms with E-state index in [1.54, 1.807) is 23.9 Å². The maximum Gasteiger partial charge on any atom is 0.338 e. The summed E-state index contributed by atoms with van der Waals surface area (Å²) < 4.78 is 11.8. The Bertz CT molecular complexity index is 462. The first-order valence-electron chi connectivity index (χ1n) is 7.57. The van der Waals surface area contributed by atoms with Gasteiger partial charge in [-0.2, -0.15) is 0 Å². The van der Waals surface area contributed by atoms with Gasteiger partial charge in [0.05, 0.1) is 11.7 Å². The summed E-state index contributed by atoms with van der Waals surface area (Å²) in [7, 11) is 0. The van der Waals surface area contributed by atoms with Crippen LogP contribution in [0.25, 0.3) is 0 Å². The molecule has 0 amide bonds. The molecule has 1 aromatic rings. The molecule has 1 aliphatic heterocycles. The molecular weight excluding hydrogens is 284 g/mol. The average molecular weight is 308 g/mol. The molecule has 1 saturated heterocycles. The number of hydrogen-bond acceptors (Lipinski definition) is 4. The summed E-state index contributed by atoms with van der Waals surface area (Å²) in [6.07, 6.45) is -0.00964. The van der Waals surface area contributed by atoms with Crippen LogP contribution in [0.4, 0.5) is 0 Å². The molecule has 0 N–H and O–H groups in total. The topological polar surface area (TPSA) is 35.5 Å². The highest BCUT2D eigenvalue weighted by Gasteiger charge is 2.42. The minimum Gasteiger partial charge on any atom is -0.455 e. The van der Waals surface area contributed by atoms with Crippen LogP contribution in [0.3, 0.4) is 0 Å². The normalized spacial score (nSPS) is 32.7. The molecule has 0 bridgehead atoms. The zero-order valence-corrected chi connectivity index (χ0v) is 13.9. The Labute approximate surface area is 131 Å². The highest BCUT2D eigenvalue weighted by atomic mass is 32.2. The standard InChI is InChI=1S/C17H24O3S/c1-5-21-17-15(12(3)11(2)13(4)19-17)20-16(18)14-9-7-6-8-10-14/h6-13,15,17H,5H2,1-4H3/t11-,12+,13?,15?,17+/m1/s1. The molecule has 0 spiro atoms. The van der Waals surface area contributed by atoms with E-state index in [0.717, 1.165) is 5.75 Å². The number of esters is 1. The molecular formula is C17H24O3S. The van der Waals surface area contributed by atoms with Crippen molar-refractivity contribution in [2.75, 3.05) is 5.75 Å². The second-order valence-electron chi connectivity index (χ2n) is 5.62. The molecule has 1 fully saturated rings. The van der Waals surface area contributed by atoms with E-state index < -0.39 is 0 Å². The summed E-state index contributed by atoms with van der Waals surface area (Å²) in [5, 5.41) is 0. The van der Waals surface area contributed by atoms with E-state index >= 15 is 0 Å². The zero-order valence-electron chi connectivity index (χ0n) is 13.1. The summed E-state index contributed by atoms with van der Waals surface area (Å²) in [5.74, 6) is 1.33. The largest absolute Gasteiger partial charge is 0.455 e. The number of ether oxygens (including phenoxy) is 2. The second-order valence-corrected chi connectivity index (χ2v) is 6.99. The van der Waals surface area contributed by atoms with Crippen LogP contribution in [0.2, 0.25) is 0 Å². The van der Waals surface area contributed by atoms with Gasteiger partial charge in [0.2, 0.25) is 0 Å². The lowest BCUT2D eigenvalue weighted by atomic mass is 9.85. The van der Waals surface area contributed by atoms with Gasteiger partial charge in [-0.05, 0) is 30.7 Å². The molecule has 1 aromatic carbocycles. The van der Waals surface area contributed by atoms with Crippen LogP contribution in [-0.4, -0.2) is 29.4 Å². The lowest BCUT2D eigenvalue weighted by Gasteiger charge is -2.42. The average Bonchev–Trinajstić information content (AvgIpc) is 2.50. The first-order chi connectivity index (χ1) is 10.0. The van der Waals surface area contributed by atoms with Crippen molar-refractivity contribution >= 4 is 17.7 Å². The summed E-state index contributed by atoms with van der Waals surface area (Å²) in [4.78, 5) is 12.3. The van der Waals surface area contributed by atoms with Gasteiger partial charge in [-0.15, -0.1) is 11.8 Å². The predicted molar refractivity (Wildman–Crippen MR) is 86.4 cm³/mol. The Hall–Kier alpha value is -1.00. The minimum atomic E-state index is -0.264. The number of benzene rings is 1. The van der Waals surface area contributed by atoms with E-state index in [1.807, 2.05) is 18.2 Å². The Morgan fingerprint density at radius 1 is 1.19 bits per heavy atom. The Balaban J connectivity index is 2.12. The van der Waals surface area contributed by atoms with Crippen molar-refractivity contribution in [2.45, 2.75) is 45.3 Å². The van der Waals surface area contributed by atoms with Gasteiger partial charge in [0.15, 0.2) is 0 Å². The van der Waals surface area contributed by atoms with Crippen LogP contribution in [0.1, 0.15) is 38.1 Å². The Kier molecular flexibility index (Phi) is 5.71. The second kappa shape index (κ2) is 7.32. The molecule has 0 aromatic heterocycles. The maximum absolute atomic E-state index is 12.3. The van der Waals surface area contributed by atoms with Crippen LogP contribution in [0.5, 0.6) is 0 Å². The van der Waals surface area contributed by atoms with Crippen molar-refractivity contribution in [3.05, 3.63) is 35.9 Å². The molecule has 0 saturated carbocycles. The fraction of sp³-hybridized carbons (Fsp3) is 0.588. The van der Waals surface area contributed by atoms with Crippen molar-refractivity contribution in [3.8, 4) is 0 Å². The molecule has 2 unspecified atom stereocenters. The van der Waals surface area contributed by atoms with E-state index in [-0.39, 0.29) is 29.5 Å². The third kappa shape index (κ3) is 3.80. The monoisotopic (exact) mass is 308 g/mol. The van der Waals surface area contributed by atoms with E-state index in [2.05, 4.69) is 27.7 Å². The molecule has 1 aliphatic rings. The van der Waals surface area contributed by atoms with Crippen LogP contribution in [0.15, 0.2) is 30.3 Å². The fourth-order valence-electron chi connectivity index (χ4n) is 2.61. The molecule has 5 atom stereocenters. The third-order valence-electron chi connectivity index (χ3n) is 4.29. The summed E-state index contributed by atoms with van der Waals surface area (Å²) in [5.41, 5.74) is 0.514. The van der Waals surface area contributed by atoms with Gasteiger partial charge in [0, 0.05) is 5.92 Å². The first kappa shape index (κ1) is 16.4. The molecule has 21 heavy (non-hydrogen) atoms. The maximum atomic E-state index is 12.3. The number of hydrogen-bond donors (Lipinski definition) is 0. The number of carbonyl (C=O) groups excluding carboxylic acids is 1. The SMILES string of the molecule is CCS[C@@H]1OC(C)[C@H](C)[C@H](C)C1OC(=O)c1ccccc1. The number of thioether (sulfide) groups is 1. The van der Waals surface area contributed by atoms with Crippen LogP contribution in [0, 0.1) is 11.8 Å². The van der Waals surface area contributed by atoms with Crippen molar-refractivity contribution in [1.82, 2.24) is 0 Å². The zero-order chi connectivity index (χ0) is 15.4. The molecule has 4 heteroatoms.